The number of rotatable bonds is 15. The lowest BCUT2D eigenvalue weighted by atomic mass is 9.82. The van der Waals surface area contributed by atoms with E-state index in [1.165, 1.54) is 27.6 Å². The molecule has 5 atom stereocenters. The first-order valence-electron chi connectivity index (χ1n) is 15.9. The van der Waals surface area contributed by atoms with E-state index in [1.54, 1.807) is 19.5 Å². The summed E-state index contributed by atoms with van der Waals surface area (Å²) in [5.41, 5.74) is 7.37. The van der Waals surface area contributed by atoms with Crippen molar-refractivity contribution in [3.63, 3.8) is 0 Å². The van der Waals surface area contributed by atoms with E-state index in [0.29, 0.717) is 23.2 Å². The molecule has 0 unspecified atom stereocenters. The lowest BCUT2D eigenvalue weighted by molar-refractivity contribution is -0.143. The topological polar surface area (TPSA) is 149 Å². The third-order valence-electron chi connectivity index (χ3n) is 9.20. The number of anilines is 1. The zero-order valence-corrected chi connectivity index (χ0v) is 27.0. The molecule has 11 heteroatoms. The molecule has 10 nitrogen and oxygen atoms in total. The summed E-state index contributed by atoms with van der Waals surface area (Å²) in [6.07, 6.45) is 5.84. The zero-order valence-electron chi connectivity index (χ0n) is 26.2. The van der Waals surface area contributed by atoms with Gasteiger partial charge in [-0.05, 0) is 43.6 Å². The van der Waals surface area contributed by atoms with Crippen LogP contribution in [0.3, 0.4) is 0 Å². The second kappa shape index (κ2) is 15.8. The Hall–Kier alpha value is -3.02. The summed E-state index contributed by atoms with van der Waals surface area (Å²) in [6.45, 7) is 1.75. The highest BCUT2D eigenvalue weighted by Crippen LogP contribution is 2.36. The number of amides is 3. The van der Waals surface area contributed by atoms with Gasteiger partial charge in [-0.25, -0.2) is 4.98 Å². The second-order valence-electron chi connectivity index (χ2n) is 12.9. The van der Waals surface area contributed by atoms with Gasteiger partial charge in [0.15, 0.2) is 5.13 Å². The molecule has 0 aliphatic heterocycles. The van der Waals surface area contributed by atoms with Gasteiger partial charge >= 0.3 is 0 Å². The van der Waals surface area contributed by atoms with Crippen molar-refractivity contribution in [2.75, 3.05) is 26.4 Å². The summed E-state index contributed by atoms with van der Waals surface area (Å²) in [5.74, 6) is -1.34. The van der Waals surface area contributed by atoms with Crippen LogP contribution >= 0.6 is 11.3 Å². The number of nitrogens with one attached hydrogen (secondary N) is 1. The van der Waals surface area contributed by atoms with Crippen molar-refractivity contribution in [2.45, 2.75) is 95.4 Å². The van der Waals surface area contributed by atoms with Crippen molar-refractivity contribution in [1.29, 1.82) is 0 Å². The maximum atomic E-state index is 14.0. The van der Waals surface area contributed by atoms with Gasteiger partial charge in [-0.3, -0.25) is 14.4 Å². The molecule has 3 amide bonds. The van der Waals surface area contributed by atoms with Crippen LogP contribution in [-0.4, -0.2) is 81.6 Å². The number of nitrogen functional groups attached to an aromatic ring is 1. The summed E-state index contributed by atoms with van der Waals surface area (Å²) in [5, 5.41) is 27.3. The SMILES string of the molecule is C[C@@H](c1ccccc1)N(CC(=O)N(C)C)C(=O)C[C@@H](Cc1csc(N)n1)C(=O)N[C@@H](CC1CCCCC1)[C@@H](O)[C@@H](O)C1CC1. The normalized spacial score (nSPS) is 18.9. The van der Waals surface area contributed by atoms with E-state index in [0.717, 1.165) is 44.1 Å². The Balaban J connectivity index is 1.57. The summed E-state index contributed by atoms with van der Waals surface area (Å²) in [7, 11) is 3.30. The van der Waals surface area contributed by atoms with Gasteiger partial charge in [-0.2, -0.15) is 0 Å². The maximum Gasteiger partial charge on any atom is 0.241 e. The molecule has 2 fully saturated rings. The molecule has 44 heavy (non-hydrogen) atoms. The number of carbonyl (C=O) groups excluding carboxylic acids is 3. The smallest absolute Gasteiger partial charge is 0.241 e. The number of likely N-dealkylation sites (N-methyl/N-ethyl adjacent to an activating group) is 1. The van der Waals surface area contributed by atoms with E-state index >= 15 is 0 Å². The number of aliphatic hydroxyl groups is 2. The molecular weight excluding hydrogens is 578 g/mol. The van der Waals surface area contributed by atoms with Gasteiger partial charge in [0.2, 0.25) is 17.7 Å². The number of aliphatic hydroxyl groups excluding tert-OH is 2. The predicted molar refractivity (Wildman–Crippen MR) is 171 cm³/mol. The largest absolute Gasteiger partial charge is 0.390 e. The van der Waals surface area contributed by atoms with E-state index in [1.807, 2.05) is 37.3 Å². The first-order valence-corrected chi connectivity index (χ1v) is 16.8. The number of aromatic nitrogens is 1. The van der Waals surface area contributed by atoms with Crippen molar-refractivity contribution in [3.8, 4) is 0 Å². The van der Waals surface area contributed by atoms with Crippen LogP contribution in [-0.2, 0) is 20.8 Å². The molecule has 4 rings (SSSR count). The Morgan fingerprint density at radius 3 is 2.32 bits per heavy atom. The van der Waals surface area contributed by atoms with Crippen molar-refractivity contribution in [2.24, 2.45) is 17.8 Å². The molecule has 0 bridgehead atoms. The van der Waals surface area contributed by atoms with Gasteiger partial charge in [-0.1, -0.05) is 62.4 Å². The molecule has 1 aromatic carbocycles. The Bertz CT molecular complexity index is 1230. The zero-order chi connectivity index (χ0) is 31.8. The van der Waals surface area contributed by atoms with E-state index in [9.17, 15) is 24.6 Å². The van der Waals surface area contributed by atoms with E-state index in [4.69, 9.17) is 5.73 Å². The van der Waals surface area contributed by atoms with Gasteiger partial charge < -0.3 is 31.1 Å². The Morgan fingerprint density at radius 1 is 1.05 bits per heavy atom. The Morgan fingerprint density at radius 2 is 1.73 bits per heavy atom. The van der Waals surface area contributed by atoms with E-state index in [2.05, 4.69) is 10.3 Å². The average molecular weight is 628 g/mol. The molecule has 0 spiro atoms. The number of hydrogen-bond donors (Lipinski definition) is 4. The number of benzene rings is 1. The van der Waals surface area contributed by atoms with Crippen molar-refractivity contribution in [1.82, 2.24) is 20.1 Å². The molecule has 1 heterocycles. The monoisotopic (exact) mass is 627 g/mol. The third-order valence-corrected chi connectivity index (χ3v) is 9.92. The molecule has 2 aromatic rings. The number of nitrogens with zero attached hydrogens (tertiary/aromatic N) is 3. The fourth-order valence-electron chi connectivity index (χ4n) is 6.22. The minimum absolute atomic E-state index is 0.0494. The highest BCUT2D eigenvalue weighted by atomic mass is 32.1. The first kappa shape index (κ1) is 33.9. The number of hydrogen-bond acceptors (Lipinski definition) is 8. The third kappa shape index (κ3) is 9.49. The van der Waals surface area contributed by atoms with Crippen molar-refractivity contribution >= 4 is 34.2 Å². The fourth-order valence-corrected chi connectivity index (χ4v) is 6.79. The minimum atomic E-state index is -1.09. The Kier molecular flexibility index (Phi) is 12.2. The Labute approximate surface area is 265 Å². The number of thiazole rings is 1. The van der Waals surface area contributed by atoms with Gasteiger partial charge in [0.1, 0.15) is 12.6 Å². The van der Waals surface area contributed by atoms with Crippen LogP contribution in [0, 0.1) is 17.8 Å². The summed E-state index contributed by atoms with van der Waals surface area (Å²) >= 11 is 1.27. The summed E-state index contributed by atoms with van der Waals surface area (Å²) < 4.78 is 0. The van der Waals surface area contributed by atoms with E-state index in [-0.39, 0.29) is 43.0 Å². The molecule has 5 N–H and O–H groups in total. The number of nitrogens with two attached hydrogens (primary N) is 1. The predicted octanol–water partition coefficient (Wildman–Crippen LogP) is 3.54. The quantitative estimate of drug-likeness (QED) is 0.236. The molecule has 2 aliphatic carbocycles. The summed E-state index contributed by atoms with van der Waals surface area (Å²) in [6, 6.07) is 8.46. The van der Waals surface area contributed by atoms with Crippen LogP contribution in [0.4, 0.5) is 5.13 Å². The average Bonchev–Trinajstić information content (AvgIpc) is 3.79. The molecule has 2 saturated carbocycles. The first-order chi connectivity index (χ1) is 21.0. The molecule has 1 aromatic heterocycles. The minimum Gasteiger partial charge on any atom is -0.390 e. The van der Waals surface area contributed by atoms with Crippen LogP contribution < -0.4 is 11.1 Å². The van der Waals surface area contributed by atoms with Crippen LogP contribution in [0.1, 0.15) is 82.0 Å². The lowest BCUT2D eigenvalue weighted by Crippen LogP contribution is -2.52. The van der Waals surface area contributed by atoms with Crippen LogP contribution in [0.2, 0.25) is 0 Å². The van der Waals surface area contributed by atoms with Crippen LogP contribution in [0.5, 0.6) is 0 Å². The molecule has 0 radical (unpaired) electrons. The summed E-state index contributed by atoms with van der Waals surface area (Å²) in [4.78, 5) is 48.2. The molecule has 2 aliphatic rings. The second-order valence-corrected chi connectivity index (χ2v) is 13.7. The van der Waals surface area contributed by atoms with E-state index < -0.39 is 30.2 Å². The molecule has 0 saturated heterocycles. The van der Waals surface area contributed by atoms with Crippen molar-refractivity contribution in [3.05, 3.63) is 47.0 Å². The fraction of sp³-hybridized carbons (Fsp3) is 0.636. The van der Waals surface area contributed by atoms with Crippen LogP contribution in [0.25, 0.3) is 0 Å². The van der Waals surface area contributed by atoms with Crippen LogP contribution in [0.15, 0.2) is 35.7 Å². The number of carbonyl (C=O) groups is 3. The lowest BCUT2D eigenvalue weighted by Gasteiger charge is -2.34. The van der Waals surface area contributed by atoms with Crippen molar-refractivity contribution < 1.29 is 24.6 Å². The standard InChI is InChI=1S/C33H49N5O5S/c1-21(23-12-8-5-9-13-23)38(19-29(40)37(2)3)28(39)18-25(17-26-20-44-33(34)35-26)32(43)36-27(16-22-10-6-4-7-11-22)31(42)30(41)24-14-15-24/h5,8-9,12-13,20-22,24-25,27,30-31,41-42H,4,6-7,10-11,14-19H2,1-3H3,(H2,34,35)(H,36,43)/t21-,25+,27-,30-,31+/m0/s1. The molecule has 242 valence electrons. The van der Waals surface area contributed by atoms with Gasteiger partial charge in [0.25, 0.3) is 0 Å². The van der Waals surface area contributed by atoms with Gasteiger partial charge in [0.05, 0.1) is 29.8 Å². The maximum absolute atomic E-state index is 14.0. The van der Waals surface area contributed by atoms with Gasteiger partial charge in [-0.15, -0.1) is 11.3 Å². The highest BCUT2D eigenvalue weighted by molar-refractivity contribution is 7.13. The van der Waals surface area contributed by atoms with Gasteiger partial charge in [0, 0.05) is 32.3 Å². The molecular formula is C33H49N5O5S. The highest BCUT2D eigenvalue weighted by Gasteiger charge is 2.40.